The molecule has 0 saturated heterocycles. The number of rotatable bonds is 49. The summed E-state index contributed by atoms with van der Waals surface area (Å²) in [6.07, 6.45) is 71.6. The van der Waals surface area contributed by atoms with Crippen molar-refractivity contribution in [3.05, 3.63) is 85.1 Å². The van der Waals surface area contributed by atoms with Gasteiger partial charge in [-0.2, -0.15) is 0 Å². The summed E-state index contributed by atoms with van der Waals surface area (Å²) in [5.41, 5.74) is 0. The Labute approximate surface area is 397 Å². The Hall–Kier alpha value is -2.92. The molecule has 0 spiro atoms. The molecule has 0 N–H and O–H groups in total. The third kappa shape index (κ3) is 51.7. The van der Waals surface area contributed by atoms with E-state index in [1.165, 1.54) is 128 Å². The quantitative estimate of drug-likeness (QED) is 0.0346. The summed E-state index contributed by atoms with van der Waals surface area (Å²) in [5.74, 6) is -0.418. The Morgan fingerprint density at radius 1 is 0.359 bits per heavy atom. The number of ether oxygens (including phenoxy) is 3. The van der Waals surface area contributed by atoms with Gasteiger partial charge < -0.3 is 14.2 Å². The molecule has 0 aromatic rings. The first-order chi connectivity index (χ1) is 31.6. The van der Waals surface area contributed by atoms with Crippen LogP contribution >= 0.6 is 0 Å². The van der Waals surface area contributed by atoms with Crippen LogP contribution in [0, 0.1) is 0 Å². The lowest BCUT2D eigenvalue weighted by atomic mass is 10.1. The van der Waals surface area contributed by atoms with Gasteiger partial charge in [0.1, 0.15) is 6.61 Å². The van der Waals surface area contributed by atoms with Gasteiger partial charge in [-0.3, -0.25) is 9.59 Å². The van der Waals surface area contributed by atoms with Crippen LogP contribution in [-0.4, -0.2) is 37.9 Å². The largest absolute Gasteiger partial charge is 0.462 e. The highest BCUT2D eigenvalue weighted by atomic mass is 16.6. The molecule has 0 aliphatic rings. The van der Waals surface area contributed by atoms with E-state index in [1.54, 1.807) is 0 Å². The zero-order valence-electron chi connectivity index (χ0n) is 42.3. The zero-order valence-corrected chi connectivity index (χ0v) is 42.3. The Morgan fingerprint density at radius 2 is 0.703 bits per heavy atom. The van der Waals surface area contributed by atoms with Crippen molar-refractivity contribution in [2.75, 3.05) is 19.8 Å². The molecule has 0 rings (SSSR count). The number of hydrogen-bond acceptors (Lipinski definition) is 5. The van der Waals surface area contributed by atoms with Gasteiger partial charge in [0.2, 0.25) is 0 Å². The van der Waals surface area contributed by atoms with Crippen LogP contribution in [0.4, 0.5) is 0 Å². The van der Waals surface area contributed by atoms with Gasteiger partial charge in [0, 0.05) is 19.4 Å². The Bertz CT molecular complexity index is 1190. The SMILES string of the molecule is CC/C=C\C/C=C\C/C=C\C/C=C\C/C=C\CCCCCCOCC(COC(=O)CCCCCCCCC/C=C\C/C=C\CCCCC)OC(=O)CCCCCCCCCCCCC. The smallest absolute Gasteiger partial charge is 0.306 e. The van der Waals surface area contributed by atoms with Crippen molar-refractivity contribution in [3.8, 4) is 0 Å². The lowest BCUT2D eigenvalue weighted by Gasteiger charge is -2.18. The average Bonchev–Trinajstić information content (AvgIpc) is 3.30. The van der Waals surface area contributed by atoms with E-state index in [0.29, 0.717) is 19.4 Å². The van der Waals surface area contributed by atoms with Crippen molar-refractivity contribution in [3.63, 3.8) is 0 Å². The molecule has 0 radical (unpaired) electrons. The number of hydrogen-bond donors (Lipinski definition) is 0. The highest BCUT2D eigenvalue weighted by Crippen LogP contribution is 2.14. The summed E-state index contributed by atoms with van der Waals surface area (Å²) in [4.78, 5) is 25.4. The van der Waals surface area contributed by atoms with E-state index >= 15 is 0 Å². The summed E-state index contributed by atoms with van der Waals surface area (Å²) in [7, 11) is 0. The molecule has 0 aromatic heterocycles. The molecule has 0 saturated carbocycles. The van der Waals surface area contributed by atoms with Crippen LogP contribution in [0.25, 0.3) is 0 Å². The number of esters is 2. The van der Waals surface area contributed by atoms with Gasteiger partial charge in [0.25, 0.3) is 0 Å². The Morgan fingerprint density at radius 3 is 1.16 bits per heavy atom. The van der Waals surface area contributed by atoms with Crippen molar-refractivity contribution in [1.29, 1.82) is 0 Å². The maximum Gasteiger partial charge on any atom is 0.306 e. The maximum atomic E-state index is 12.8. The molecule has 0 bridgehead atoms. The van der Waals surface area contributed by atoms with Crippen molar-refractivity contribution in [2.24, 2.45) is 0 Å². The number of allylic oxidation sites excluding steroid dienone is 14. The molecule has 1 unspecified atom stereocenters. The normalized spacial score (nSPS) is 12.9. The second-order valence-corrected chi connectivity index (χ2v) is 17.8. The summed E-state index contributed by atoms with van der Waals surface area (Å²) in [5, 5.41) is 0. The molecule has 368 valence electrons. The first-order valence-electron chi connectivity index (χ1n) is 27.1. The van der Waals surface area contributed by atoms with Crippen LogP contribution in [0.2, 0.25) is 0 Å². The van der Waals surface area contributed by atoms with Gasteiger partial charge in [-0.1, -0.05) is 228 Å². The van der Waals surface area contributed by atoms with Crippen molar-refractivity contribution < 1.29 is 23.8 Å². The van der Waals surface area contributed by atoms with Crippen LogP contribution < -0.4 is 0 Å². The Kier molecular flexibility index (Phi) is 51.9. The Balaban J connectivity index is 4.30. The summed E-state index contributed by atoms with van der Waals surface area (Å²) >= 11 is 0. The lowest BCUT2D eigenvalue weighted by molar-refractivity contribution is -0.163. The van der Waals surface area contributed by atoms with Crippen molar-refractivity contribution in [2.45, 2.75) is 258 Å². The van der Waals surface area contributed by atoms with E-state index in [4.69, 9.17) is 14.2 Å². The van der Waals surface area contributed by atoms with E-state index in [-0.39, 0.29) is 25.2 Å². The van der Waals surface area contributed by atoms with Crippen LogP contribution in [0.5, 0.6) is 0 Å². The zero-order chi connectivity index (χ0) is 46.3. The molecule has 5 nitrogen and oxygen atoms in total. The van der Waals surface area contributed by atoms with Gasteiger partial charge in [-0.15, -0.1) is 0 Å². The second-order valence-electron chi connectivity index (χ2n) is 17.8. The fourth-order valence-corrected chi connectivity index (χ4v) is 7.39. The molecular formula is C59H102O5. The summed E-state index contributed by atoms with van der Waals surface area (Å²) in [6.45, 7) is 7.63. The molecule has 5 heteroatoms. The number of unbranched alkanes of at least 4 members (excludes halogenated alkanes) is 24. The van der Waals surface area contributed by atoms with Crippen molar-refractivity contribution in [1.82, 2.24) is 0 Å². The molecule has 0 fully saturated rings. The molecule has 0 heterocycles. The van der Waals surface area contributed by atoms with Gasteiger partial charge in [-0.25, -0.2) is 0 Å². The van der Waals surface area contributed by atoms with Crippen LogP contribution in [-0.2, 0) is 23.8 Å². The van der Waals surface area contributed by atoms with Crippen LogP contribution in [0.1, 0.15) is 252 Å². The molecular weight excluding hydrogens is 789 g/mol. The van der Waals surface area contributed by atoms with Crippen LogP contribution in [0.3, 0.4) is 0 Å². The molecule has 0 amide bonds. The predicted molar refractivity (Wildman–Crippen MR) is 279 cm³/mol. The van der Waals surface area contributed by atoms with Gasteiger partial charge in [-0.05, 0) is 96.3 Å². The monoisotopic (exact) mass is 891 g/mol. The molecule has 0 aliphatic heterocycles. The second kappa shape index (κ2) is 54.4. The molecule has 0 aliphatic carbocycles. The summed E-state index contributed by atoms with van der Waals surface area (Å²) < 4.78 is 17.4. The third-order valence-electron chi connectivity index (χ3n) is 11.4. The van der Waals surface area contributed by atoms with Gasteiger partial charge in [0.05, 0.1) is 6.61 Å². The first-order valence-corrected chi connectivity index (χ1v) is 27.1. The fraction of sp³-hybridized carbons (Fsp3) is 0.729. The number of carbonyl (C=O) groups excluding carboxylic acids is 2. The fourth-order valence-electron chi connectivity index (χ4n) is 7.39. The number of carbonyl (C=O) groups is 2. The minimum absolute atomic E-state index is 0.0692. The molecule has 1 atom stereocenters. The van der Waals surface area contributed by atoms with E-state index in [2.05, 4.69) is 106 Å². The van der Waals surface area contributed by atoms with E-state index in [1.807, 2.05) is 0 Å². The van der Waals surface area contributed by atoms with Gasteiger partial charge in [0.15, 0.2) is 6.10 Å². The van der Waals surface area contributed by atoms with E-state index in [0.717, 1.165) is 89.9 Å². The van der Waals surface area contributed by atoms with Crippen LogP contribution in [0.15, 0.2) is 85.1 Å². The third-order valence-corrected chi connectivity index (χ3v) is 11.4. The summed E-state index contributed by atoms with van der Waals surface area (Å²) in [6, 6.07) is 0. The average molecular weight is 891 g/mol. The van der Waals surface area contributed by atoms with E-state index in [9.17, 15) is 9.59 Å². The first kappa shape index (κ1) is 61.1. The standard InChI is InChI=1S/C59H102O5/c1-4-7-10-13-16-19-22-24-26-28-29-30-32-34-36-39-42-45-48-51-54-62-55-57(64-59(61)53-50-47-44-41-37-21-18-15-12-9-6-3)56-63-58(60)52-49-46-43-40-38-35-33-31-27-25-23-20-17-14-11-8-5-2/h7,10,16-17,19-20,24-27,29-30,34,36,57H,4-6,8-9,11-15,18,21-23,28,31-33,35,37-56H2,1-3H3/b10-7-,19-16-,20-17-,26-24-,27-25-,30-29-,36-34-. The highest BCUT2D eigenvalue weighted by molar-refractivity contribution is 5.70. The molecule has 0 aromatic carbocycles. The maximum absolute atomic E-state index is 12.8. The minimum Gasteiger partial charge on any atom is -0.462 e. The predicted octanol–water partition coefficient (Wildman–Crippen LogP) is 18.5. The van der Waals surface area contributed by atoms with E-state index < -0.39 is 6.10 Å². The lowest BCUT2D eigenvalue weighted by Crippen LogP contribution is -2.30. The topological polar surface area (TPSA) is 61.8 Å². The van der Waals surface area contributed by atoms with Gasteiger partial charge >= 0.3 is 11.9 Å². The molecule has 64 heavy (non-hydrogen) atoms. The minimum atomic E-state index is -0.554. The highest BCUT2D eigenvalue weighted by Gasteiger charge is 2.17. The van der Waals surface area contributed by atoms with Crippen molar-refractivity contribution >= 4 is 11.9 Å².